The number of nitrogens with zero attached hydrogens (tertiary/aromatic N) is 2. The topological polar surface area (TPSA) is 24.8 Å². The molecule has 0 radical (unpaired) electrons. The Hall–Kier alpha value is 0.247. The minimum absolute atomic E-state index is 0.258. The molecule has 0 saturated carbocycles. The van der Waals surface area contributed by atoms with Crippen molar-refractivity contribution in [3.63, 3.8) is 0 Å². The van der Waals surface area contributed by atoms with Crippen molar-refractivity contribution in [2.75, 3.05) is 26.0 Å². The third-order valence-electron chi connectivity index (χ3n) is 4.96. The molecule has 120 valence electrons. The summed E-state index contributed by atoms with van der Waals surface area (Å²) in [6, 6.07) is 0.660. The van der Waals surface area contributed by atoms with Gasteiger partial charge >= 0.3 is 0 Å². The molecule has 0 amide bonds. The molecule has 0 N–H and O–H groups in total. The number of likely N-dealkylation sites (N-methyl/N-ethyl adjacent to an activating group) is 1. The van der Waals surface area contributed by atoms with E-state index in [1.807, 2.05) is 0 Å². The summed E-state index contributed by atoms with van der Waals surface area (Å²) in [5.74, 6) is 1.02. The molecule has 2 aliphatic heterocycles. The van der Waals surface area contributed by atoms with E-state index in [0.29, 0.717) is 12.1 Å². The van der Waals surface area contributed by atoms with Gasteiger partial charge in [-0.15, -0.1) is 12.6 Å². The average molecular weight is 345 g/mol. The van der Waals surface area contributed by atoms with Crippen LogP contribution in [-0.4, -0.2) is 55.6 Å². The minimum Gasteiger partial charge on any atom is -0.415 e. The van der Waals surface area contributed by atoms with Crippen molar-refractivity contribution >= 4 is 37.1 Å². The van der Waals surface area contributed by atoms with Crippen molar-refractivity contribution in [3.05, 3.63) is 11.6 Å². The van der Waals surface area contributed by atoms with Gasteiger partial charge in [-0.3, -0.25) is 9.89 Å². The minimum atomic E-state index is -1.69. The summed E-state index contributed by atoms with van der Waals surface area (Å²) >= 11 is 6.13. The fourth-order valence-corrected chi connectivity index (χ4v) is 4.53. The highest BCUT2D eigenvalue weighted by atomic mass is 32.2. The van der Waals surface area contributed by atoms with E-state index < -0.39 is 8.32 Å². The molecule has 3 nitrogen and oxygen atoms in total. The smallest absolute Gasteiger partial charge is 0.192 e. The Morgan fingerprint density at radius 3 is 2.67 bits per heavy atom. The van der Waals surface area contributed by atoms with Gasteiger partial charge in [-0.05, 0) is 30.8 Å². The van der Waals surface area contributed by atoms with E-state index in [-0.39, 0.29) is 5.04 Å². The summed E-state index contributed by atoms with van der Waals surface area (Å²) in [7, 11) is 0.482. The summed E-state index contributed by atoms with van der Waals surface area (Å²) in [5.41, 5.74) is 1.42. The Morgan fingerprint density at radius 2 is 2.14 bits per heavy atom. The van der Waals surface area contributed by atoms with Crippen molar-refractivity contribution in [1.29, 1.82) is 0 Å². The Kier molecular flexibility index (Phi) is 5.36. The number of thiol groups is 1. The third-order valence-corrected chi connectivity index (χ3v) is 10.8. The summed E-state index contributed by atoms with van der Waals surface area (Å²) in [5, 5.41) is 0.258. The molecule has 2 atom stereocenters. The molecule has 21 heavy (non-hydrogen) atoms. The van der Waals surface area contributed by atoms with Crippen LogP contribution in [0.1, 0.15) is 20.8 Å². The van der Waals surface area contributed by atoms with E-state index in [4.69, 9.17) is 4.43 Å². The Morgan fingerprint density at radius 1 is 1.48 bits per heavy atom. The standard InChI is InChI=1S/C15H28N2OS2Si/c1-15(2,3)21(5,6)18-9-13-11(7-8-17(13)4)12-10-20-14(19)16-12/h7,12-13H,8-10H2,1-6H3,(H,16,19)/t12?,13-/m1/s1. The first-order valence-electron chi connectivity index (χ1n) is 7.55. The number of hydrogen-bond acceptors (Lipinski definition) is 4. The largest absolute Gasteiger partial charge is 0.415 e. The summed E-state index contributed by atoms with van der Waals surface area (Å²) in [4.78, 5) is 7.03. The van der Waals surface area contributed by atoms with E-state index in [1.165, 1.54) is 5.57 Å². The van der Waals surface area contributed by atoms with E-state index in [2.05, 4.69) is 69.5 Å². The molecule has 2 rings (SSSR count). The lowest BCUT2D eigenvalue weighted by Gasteiger charge is -2.38. The quantitative estimate of drug-likeness (QED) is 0.479. The second-order valence-corrected chi connectivity index (χ2v) is 14.0. The fraction of sp³-hybridized carbons (Fsp3) is 0.800. The molecule has 6 heteroatoms. The molecular formula is C15H28N2OS2Si. The van der Waals surface area contributed by atoms with Gasteiger partial charge in [-0.1, -0.05) is 38.6 Å². The second-order valence-electron chi connectivity index (χ2n) is 7.47. The highest BCUT2D eigenvalue weighted by Crippen LogP contribution is 2.38. The molecule has 0 aromatic heterocycles. The molecule has 2 aliphatic rings. The van der Waals surface area contributed by atoms with Crippen LogP contribution in [0.4, 0.5) is 0 Å². The monoisotopic (exact) mass is 344 g/mol. The molecule has 0 aromatic rings. The average Bonchev–Trinajstić information content (AvgIpc) is 2.92. The van der Waals surface area contributed by atoms with Gasteiger partial charge in [-0.25, -0.2) is 0 Å². The maximum Gasteiger partial charge on any atom is 0.192 e. The van der Waals surface area contributed by atoms with Crippen LogP contribution in [0.2, 0.25) is 18.1 Å². The zero-order chi connectivity index (χ0) is 15.8. The van der Waals surface area contributed by atoms with Gasteiger partial charge in [0.15, 0.2) is 8.32 Å². The van der Waals surface area contributed by atoms with E-state index in [1.54, 1.807) is 11.8 Å². The first-order chi connectivity index (χ1) is 9.62. The predicted molar refractivity (Wildman–Crippen MR) is 100 cm³/mol. The SMILES string of the molecule is CN1CC=C(C2CSC(S)=N2)[C@H]1CO[Si](C)(C)C(C)(C)C. The molecule has 0 aliphatic carbocycles. The van der Waals surface area contributed by atoms with Crippen LogP contribution in [0.3, 0.4) is 0 Å². The van der Waals surface area contributed by atoms with Crippen LogP contribution >= 0.6 is 24.4 Å². The fourth-order valence-electron chi connectivity index (χ4n) is 2.38. The molecular weight excluding hydrogens is 316 g/mol. The Bertz CT molecular complexity index is 457. The van der Waals surface area contributed by atoms with Crippen LogP contribution < -0.4 is 0 Å². The zero-order valence-electron chi connectivity index (χ0n) is 14.0. The summed E-state index contributed by atoms with van der Waals surface area (Å²) < 4.78 is 7.36. The normalized spacial score (nSPS) is 28.0. The number of rotatable bonds is 4. The molecule has 0 bridgehead atoms. The van der Waals surface area contributed by atoms with Gasteiger partial charge in [0.2, 0.25) is 0 Å². The number of aliphatic imine (C=N–C) groups is 1. The van der Waals surface area contributed by atoms with E-state index >= 15 is 0 Å². The summed E-state index contributed by atoms with van der Waals surface area (Å²) in [6.45, 7) is 13.3. The number of thioether (sulfide) groups is 1. The van der Waals surface area contributed by atoms with E-state index in [0.717, 1.165) is 23.3 Å². The van der Waals surface area contributed by atoms with Gasteiger partial charge in [-0.2, -0.15) is 0 Å². The first kappa shape index (κ1) is 17.6. The van der Waals surface area contributed by atoms with Crippen molar-refractivity contribution in [1.82, 2.24) is 4.90 Å². The maximum atomic E-state index is 6.45. The van der Waals surface area contributed by atoms with Gasteiger partial charge in [0.05, 0.1) is 18.7 Å². The van der Waals surface area contributed by atoms with E-state index in [9.17, 15) is 0 Å². The lowest BCUT2D eigenvalue weighted by atomic mass is 10.0. The lowest BCUT2D eigenvalue weighted by Crippen LogP contribution is -2.45. The Labute approximate surface area is 140 Å². The predicted octanol–water partition coefficient (Wildman–Crippen LogP) is 3.65. The number of hydrogen-bond donors (Lipinski definition) is 1. The molecule has 0 aromatic carbocycles. The lowest BCUT2D eigenvalue weighted by molar-refractivity contribution is 0.193. The van der Waals surface area contributed by atoms with Gasteiger partial charge in [0.25, 0.3) is 0 Å². The van der Waals surface area contributed by atoms with Gasteiger partial charge in [0, 0.05) is 12.3 Å². The third kappa shape index (κ3) is 3.96. The molecule has 0 saturated heterocycles. The summed E-state index contributed by atoms with van der Waals surface area (Å²) in [6.07, 6.45) is 2.33. The van der Waals surface area contributed by atoms with Crippen molar-refractivity contribution in [2.45, 2.75) is 51.0 Å². The van der Waals surface area contributed by atoms with Crippen LogP contribution in [0.5, 0.6) is 0 Å². The Balaban J connectivity index is 2.03. The highest BCUT2D eigenvalue weighted by Gasteiger charge is 2.39. The van der Waals surface area contributed by atoms with Crippen LogP contribution in [0.25, 0.3) is 0 Å². The molecule has 2 heterocycles. The zero-order valence-corrected chi connectivity index (χ0v) is 16.7. The second kappa shape index (κ2) is 6.39. The van der Waals surface area contributed by atoms with Gasteiger partial charge < -0.3 is 4.43 Å². The van der Waals surface area contributed by atoms with Crippen LogP contribution in [0, 0.1) is 0 Å². The van der Waals surface area contributed by atoms with Gasteiger partial charge in [0.1, 0.15) is 4.38 Å². The maximum absolute atomic E-state index is 6.45. The van der Waals surface area contributed by atoms with Crippen molar-refractivity contribution in [3.8, 4) is 0 Å². The molecule has 1 unspecified atom stereocenters. The molecule has 0 spiro atoms. The van der Waals surface area contributed by atoms with Crippen LogP contribution in [-0.2, 0) is 4.43 Å². The highest BCUT2D eigenvalue weighted by molar-refractivity contribution is 8.32. The first-order valence-corrected chi connectivity index (χ1v) is 11.9. The van der Waals surface area contributed by atoms with Crippen molar-refractivity contribution in [2.24, 2.45) is 4.99 Å². The molecule has 0 fully saturated rings. The van der Waals surface area contributed by atoms with Crippen molar-refractivity contribution < 1.29 is 4.43 Å². The van der Waals surface area contributed by atoms with Crippen LogP contribution in [0.15, 0.2) is 16.6 Å².